The zero-order chi connectivity index (χ0) is 16.6. The third-order valence-corrected chi connectivity index (χ3v) is 3.89. The molecule has 5 nitrogen and oxygen atoms in total. The first-order valence-electron chi connectivity index (χ1n) is 5.69. The summed E-state index contributed by atoms with van der Waals surface area (Å²) in [7, 11) is 1.24. The van der Waals surface area contributed by atoms with Crippen LogP contribution < -0.4 is 10.5 Å². The van der Waals surface area contributed by atoms with E-state index in [1.807, 2.05) is 0 Å². The fourth-order valence-corrected chi connectivity index (χ4v) is 2.51. The summed E-state index contributed by atoms with van der Waals surface area (Å²) in [6.45, 7) is 0. The van der Waals surface area contributed by atoms with Gasteiger partial charge in [0.1, 0.15) is 0 Å². The quantitative estimate of drug-likeness (QED) is 0.854. The van der Waals surface area contributed by atoms with Crippen LogP contribution in [0.25, 0.3) is 11.3 Å². The average Bonchev–Trinajstić information content (AvgIpc) is 2.46. The summed E-state index contributed by atoms with van der Waals surface area (Å²) < 4.78 is 19.3. The summed E-state index contributed by atoms with van der Waals surface area (Å²) in [5.74, 6) is -2.49. The van der Waals surface area contributed by atoms with E-state index in [1.165, 1.54) is 19.2 Å². The SMILES string of the molecule is COc1c(Cl)ccc(-c2nc(C(=O)O)c(Cl)c(N)c2Cl)c1F. The smallest absolute Gasteiger partial charge is 0.356 e. The molecule has 0 saturated carbocycles. The number of hydrogen-bond acceptors (Lipinski definition) is 4. The van der Waals surface area contributed by atoms with Crippen molar-refractivity contribution in [2.45, 2.75) is 0 Å². The van der Waals surface area contributed by atoms with Crippen molar-refractivity contribution in [3.05, 3.63) is 38.7 Å². The molecular weight excluding hydrogens is 358 g/mol. The van der Waals surface area contributed by atoms with E-state index in [1.54, 1.807) is 0 Å². The minimum Gasteiger partial charge on any atom is -0.492 e. The van der Waals surface area contributed by atoms with Gasteiger partial charge in [0.2, 0.25) is 0 Å². The Morgan fingerprint density at radius 3 is 2.50 bits per heavy atom. The van der Waals surface area contributed by atoms with E-state index in [-0.39, 0.29) is 37.8 Å². The van der Waals surface area contributed by atoms with Crippen molar-refractivity contribution >= 4 is 46.5 Å². The van der Waals surface area contributed by atoms with Gasteiger partial charge in [-0.15, -0.1) is 0 Å². The van der Waals surface area contributed by atoms with Crippen molar-refractivity contribution in [3.63, 3.8) is 0 Å². The molecule has 0 saturated heterocycles. The number of pyridine rings is 1. The molecule has 2 rings (SSSR count). The van der Waals surface area contributed by atoms with E-state index < -0.39 is 17.5 Å². The molecule has 116 valence electrons. The molecule has 0 radical (unpaired) electrons. The molecule has 0 aliphatic carbocycles. The summed E-state index contributed by atoms with van der Waals surface area (Å²) >= 11 is 17.6. The van der Waals surface area contributed by atoms with Crippen molar-refractivity contribution in [2.24, 2.45) is 0 Å². The van der Waals surface area contributed by atoms with Crippen LogP contribution in [0.2, 0.25) is 15.1 Å². The van der Waals surface area contributed by atoms with Crippen LogP contribution in [0.5, 0.6) is 5.75 Å². The molecule has 22 heavy (non-hydrogen) atoms. The molecule has 0 amide bonds. The summed E-state index contributed by atoms with van der Waals surface area (Å²) in [5.41, 5.74) is 4.63. The number of aromatic carboxylic acids is 1. The Morgan fingerprint density at radius 1 is 1.32 bits per heavy atom. The lowest BCUT2D eigenvalue weighted by molar-refractivity contribution is 0.0691. The molecule has 0 fully saturated rings. The number of ether oxygens (including phenoxy) is 1. The standard InChI is InChI=1S/C13H8Cl3FN2O3/c1-22-12-5(14)3-2-4(8(12)17)10-6(15)9(18)7(16)11(19-10)13(20)21/h2-3H,1H3,(H2,18,19)(H,20,21). The van der Waals surface area contributed by atoms with Crippen LogP contribution in [0, 0.1) is 5.82 Å². The van der Waals surface area contributed by atoms with Crippen molar-refractivity contribution < 1.29 is 19.0 Å². The number of nitrogen functional groups attached to an aromatic ring is 1. The number of carbonyl (C=O) groups is 1. The Hall–Kier alpha value is -1.76. The topological polar surface area (TPSA) is 85.4 Å². The molecule has 0 bridgehead atoms. The van der Waals surface area contributed by atoms with Gasteiger partial charge in [0.15, 0.2) is 17.3 Å². The first-order chi connectivity index (χ1) is 10.3. The summed E-state index contributed by atoms with van der Waals surface area (Å²) in [5, 5.41) is 8.64. The van der Waals surface area contributed by atoms with E-state index in [9.17, 15) is 9.18 Å². The van der Waals surface area contributed by atoms with Crippen molar-refractivity contribution in [1.82, 2.24) is 4.98 Å². The number of halogens is 4. The number of nitrogens with zero attached hydrogens (tertiary/aromatic N) is 1. The first-order valence-corrected chi connectivity index (χ1v) is 6.83. The predicted octanol–water partition coefficient (Wildman–Crippen LogP) is 4.14. The molecule has 9 heteroatoms. The number of hydrogen-bond donors (Lipinski definition) is 2. The van der Waals surface area contributed by atoms with E-state index in [0.29, 0.717) is 0 Å². The molecular formula is C13H8Cl3FN2O3. The largest absolute Gasteiger partial charge is 0.492 e. The maximum atomic E-state index is 14.4. The van der Waals surface area contributed by atoms with Crippen molar-refractivity contribution in [1.29, 1.82) is 0 Å². The third kappa shape index (κ3) is 2.65. The molecule has 3 N–H and O–H groups in total. The van der Waals surface area contributed by atoms with Gasteiger partial charge in [0, 0.05) is 5.56 Å². The molecule has 0 aliphatic heterocycles. The van der Waals surface area contributed by atoms with Crippen LogP contribution in [0.15, 0.2) is 12.1 Å². The third-order valence-electron chi connectivity index (χ3n) is 2.82. The van der Waals surface area contributed by atoms with Crippen molar-refractivity contribution in [3.8, 4) is 17.0 Å². The monoisotopic (exact) mass is 364 g/mol. The predicted molar refractivity (Wildman–Crippen MR) is 82.6 cm³/mol. The van der Waals surface area contributed by atoms with Gasteiger partial charge in [-0.2, -0.15) is 0 Å². The van der Waals surface area contributed by atoms with Crippen LogP contribution >= 0.6 is 34.8 Å². The molecule has 0 spiro atoms. The molecule has 0 atom stereocenters. The maximum absolute atomic E-state index is 14.4. The molecule has 2 aromatic rings. The Labute approximate surface area is 139 Å². The maximum Gasteiger partial charge on any atom is 0.356 e. The number of carboxylic acids is 1. The fourth-order valence-electron chi connectivity index (χ4n) is 1.78. The van der Waals surface area contributed by atoms with Gasteiger partial charge in [0.25, 0.3) is 0 Å². The molecule has 0 unspecified atom stereocenters. The number of rotatable bonds is 3. The van der Waals surface area contributed by atoms with Crippen LogP contribution in [-0.4, -0.2) is 23.2 Å². The summed E-state index contributed by atoms with van der Waals surface area (Å²) in [6.07, 6.45) is 0. The number of carboxylic acid groups (broad SMARTS) is 1. The highest BCUT2D eigenvalue weighted by atomic mass is 35.5. The summed E-state index contributed by atoms with van der Waals surface area (Å²) in [4.78, 5) is 14.9. The molecule has 1 aromatic heterocycles. The van der Waals surface area contributed by atoms with Crippen LogP contribution in [-0.2, 0) is 0 Å². The zero-order valence-electron chi connectivity index (χ0n) is 11.0. The first kappa shape index (κ1) is 16.6. The van der Waals surface area contributed by atoms with Gasteiger partial charge in [-0.05, 0) is 12.1 Å². The minimum absolute atomic E-state index is 0.0419. The lowest BCUT2D eigenvalue weighted by Crippen LogP contribution is -2.07. The van der Waals surface area contributed by atoms with E-state index in [0.717, 1.165) is 0 Å². The number of anilines is 1. The number of methoxy groups -OCH3 is 1. The van der Waals surface area contributed by atoms with Gasteiger partial charge >= 0.3 is 5.97 Å². The Kier molecular flexibility index (Phi) is 4.65. The second-order valence-electron chi connectivity index (χ2n) is 4.10. The lowest BCUT2D eigenvalue weighted by atomic mass is 10.1. The molecule has 1 aromatic carbocycles. The average molecular weight is 366 g/mol. The second kappa shape index (κ2) is 6.16. The lowest BCUT2D eigenvalue weighted by Gasteiger charge is -2.13. The highest BCUT2D eigenvalue weighted by Crippen LogP contribution is 2.41. The van der Waals surface area contributed by atoms with Crippen molar-refractivity contribution in [2.75, 3.05) is 12.8 Å². The number of benzene rings is 1. The second-order valence-corrected chi connectivity index (χ2v) is 5.26. The van der Waals surface area contributed by atoms with Crippen LogP contribution in [0.1, 0.15) is 10.5 Å². The minimum atomic E-state index is -1.42. The molecule has 0 aliphatic rings. The van der Waals surface area contributed by atoms with Gasteiger partial charge in [-0.1, -0.05) is 34.8 Å². The fraction of sp³-hybridized carbons (Fsp3) is 0.0769. The van der Waals surface area contributed by atoms with Crippen LogP contribution in [0.3, 0.4) is 0 Å². The Morgan fingerprint density at radius 2 is 1.95 bits per heavy atom. The number of aromatic nitrogens is 1. The van der Waals surface area contributed by atoms with Gasteiger partial charge in [-0.3, -0.25) is 0 Å². The van der Waals surface area contributed by atoms with Gasteiger partial charge in [0.05, 0.1) is 33.6 Å². The highest BCUT2D eigenvalue weighted by Gasteiger charge is 2.24. The zero-order valence-corrected chi connectivity index (χ0v) is 13.2. The normalized spacial score (nSPS) is 10.6. The van der Waals surface area contributed by atoms with Gasteiger partial charge in [-0.25, -0.2) is 14.2 Å². The Balaban J connectivity index is 2.81. The highest BCUT2D eigenvalue weighted by molar-refractivity contribution is 6.41. The van der Waals surface area contributed by atoms with E-state index in [2.05, 4.69) is 4.98 Å². The van der Waals surface area contributed by atoms with Gasteiger partial charge < -0.3 is 15.6 Å². The molecule has 1 heterocycles. The van der Waals surface area contributed by atoms with E-state index >= 15 is 0 Å². The summed E-state index contributed by atoms with van der Waals surface area (Å²) in [6, 6.07) is 2.65. The van der Waals surface area contributed by atoms with E-state index in [4.69, 9.17) is 50.4 Å². The Bertz CT molecular complexity index is 784. The number of nitrogens with two attached hydrogens (primary N) is 1. The van der Waals surface area contributed by atoms with Crippen LogP contribution in [0.4, 0.5) is 10.1 Å².